The van der Waals surface area contributed by atoms with Crippen molar-refractivity contribution in [3.05, 3.63) is 0 Å². The molecule has 0 saturated carbocycles. The van der Waals surface area contributed by atoms with Gasteiger partial charge in [-0.15, -0.1) is 12.3 Å². The lowest BCUT2D eigenvalue weighted by atomic mass is 10.4. The molecule has 0 atom stereocenters. The van der Waals surface area contributed by atoms with Crippen LogP contribution in [0.5, 0.6) is 0 Å². The lowest BCUT2D eigenvalue weighted by Crippen LogP contribution is -1.53. The minimum Gasteiger partial charge on any atom is -0.120 e. The van der Waals surface area contributed by atoms with Gasteiger partial charge in [0.1, 0.15) is 1.37 Å². The fraction of sp³-hybridized carbons (Fsp3) is 0.600. The van der Waals surface area contributed by atoms with Crippen LogP contribution in [0.25, 0.3) is 0 Å². The van der Waals surface area contributed by atoms with Crippen molar-refractivity contribution >= 4 is 0 Å². The summed E-state index contributed by atoms with van der Waals surface area (Å²) < 4.78 is 6.34. The topological polar surface area (TPSA) is 0 Å². The predicted molar refractivity (Wildman–Crippen MR) is 23.7 cm³/mol. The molecule has 0 radical (unpaired) electrons. The molecule has 0 aromatic heterocycles. The van der Waals surface area contributed by atoms with Gasteiger partial charge in [0.25, 0.3) is 0 Å². The molecule has 0 spiro atoms. The van der Waals surface area contributed by atoms with Crippen LogP contribution in [0.4, 0.5) is 0 Å². The van der Waals surface area contributed by atoms with Gasteiger partial charge in [0.15, 0.2) is 0 Å². The Morgan fingerprint density at radius 3 is 3.20 bits per heavy atom. The summed E-state index contributed by atoms with van der Waals surface area (Å²) in [6.45, 7) is 2.05. The lowest BCUT2D eigenvalue weighted by molar-refractivity contribution is 0.984. The minimum atomic E-state index is 0.865. The van der Waals surface area contributed by atoms with Gasteiger partial charge in [-0.05, 0) is 6.42 Å². The quantitative estimate of drug-likeness (QED) is 0.409. The van der Waals surface area contributed by atoms with Gasteiger partial charge in [-0.2, -0.15) is 0 Å². The largest absolute Gasteiger partial charge is 0.124 e. The number of rotatable bonds is 1. The van der Waals surface area contributed by atoms with E-state index in [0.29, 0.717) is 0 Å². The Labute approximate surface area is 34.6 Å². The molecule has 0 heteroatoms. The molecule has 0 aliphatic carbocycles. The highest BCUT2D eigenvalue weighted by Gasteiger charge is 1.61. The zero-order valence-electron chi connectivity index (χ0n) is 4.41. The van der Waals surface area contributed by atoms with E-state index in [2.05, 4.69) is 12.3 Å². The van der Waals surface area contributed by atoms with Crippen molar-refractivity contribution < 1.29 is 1.37 Å². The first-order chi connectivity index (χ1) is 2.91. The molecule has 0 amide bonds. The van der Waals surface area contributed by atoms with Crippen molar-refractivity contribution in [2.75, 3.05) is 0 Å². The molecule has 0 rings (SSSR count). The second kappa shape index (κ2) is 3.56. The maximum atomic E-state index is 6.34. The maximum Gasteiger partial charge on any atom is 0.124 e. The third-order valence-electron chi connectivity index (χ3n) is 0.375. The average Bonchev–Trinajstić information content (AvgIpc) is 1.61. The number of hydrogen-bond acceptors (Lipinski definition) is 0. The van der Waals surface area contributed by atoms with Crippen molar-refractivity contribution in [2.24, 2.45) is 0 Å². The Morgan fingerprint density at radius 1 is 2.20 bits per heavy atom. The van der Waals surface area contributed by atoms with Crippen molar-refractivity contribution in [2.45, 2.75) is 19.8 Å². The van der Waals surface area contributed by atoms with Crippen LogP contribution in [-0.2, 0) is 0 Å². The predicted octanol–water partition coefficient (Wildman–Crippen LogP) is 1.42. The zero-order valence-corrected chi connectivity index (χ0v) is 3.41. The van der Waals surface area contributed by atoms with Crippen LogP contribution >= 0.6 is 0 Å². The molecular formula is C5H8. The summed E-state index contributed by atoms with van der Waals surface area (Å²) in [5.41, 5.74) is 0. The van der Waals surface area contributed by atoms with E-state index in [1.165, 1.54) is 0 Å². The van der Waals surface area contributed by atoms with Crippen LogP contribution < -0.4 is 0 Å². The fourth-order valence-electron chi connectivity index (χ4n) is 0.125. The molecule has 0 aromatic carbocycles. The molecule has 0 saturated heterocycles. The molecule has 0 aliphatic rings. The van der Waals surface area contributed by atoms with E-state index in [9.17, 15) is 0 Å². The van der Waals surface area contributed by atoms with E-state index in [4.69, 9.17) is 1.37 Å². The summed E-state index contributed by atoms with van der Waals surface area (Å²) in [5.74, 6) is 2.61. The molecule has 0 heterocycles. The van der Waals surface area contributed by atoms with E-state index in [1.54, 1.807) is 0 Å². The normalized spacial score (nSPS) is 7.80. The average molecular weight is 70.1 g/mol. The summed E-state index contributed by atoms with van der Waals surface area (Å²) >= 11 is 0. The molecule has 0 aromatic rings. The highest BCUT2D eigenvalue weighted by Crippen LogP contribution is 1.77. The number of hydrogen-bond donors (Lipinski definition) is 0. The van der Waals surface area contributed by atoms with E-state index < -0.39 is 0 Å². The zero-order chi connectivity index (χ0) is 4.83. The Balaban J connectivity index is 2.79. The molecule has 5 heavy (non-hydrogen) atoms. The maximum absolute atomic E-state index is 6.34. The standard InChI is InChI=1S/C5H8/c1-3-5-4-2/h1H,4-5H2,2H3/i1T. The van der Waals surface area contributed by atoms with E-state index >= 15 is 0 Å². The van der Waals surface area contributed by atoms with Crippen molar-refractivity contribution in [1.82, 2.24) is 0 Å². The molecular weight excluding hydrogens is 60.1 g/mol. The Morgan fingerprint density at radius 2 is 3.00 bits per heavy atom. The molecule has 0 bridgehead atoms. The van der Waals surface area contributed by atoms with Gasteiger partial charge in [0, 0.05) is 6.42 Å². The van der Waals surface area contributed by atoms with Gasteiger partial charge < -0.3 is 0 Å². The monoisotopic (exact) mass is 70.1 g/mol. The summed E-state index contributed by atoms with van der Waals surface area (Å²) in [7, 11) is 0. The third kappa shape index (κ3) is 3.56. The fourth-order valence-corrected chi connectivity index (χ4v) is 0.125. The SMILES string of the molecule is [3H]C#CCCC. The first-order valence-electron chi connectivity index (χ1n) is 2.31. The van der Waals surface area contributed by atoms with Gasteiger partial charge in [-0.3, -0.25) is 0 Å². The molecule has 0 fully saturated rings. The summed E-state index contributed by atoms with van der Waals surface area (Å²) in [4.78, 5) is 0. The first kappa shape index (κ1) is 2.78. The molecule has 0 nitrogen and oxygen atoms in total. The first-order valence-corrected chi connectivity index (χ1v) is 1.81. The minimum absolute atomic E-state index is 0.865. The van der Waals surface area contributed by atoms with Gasteiger partial charge in [-0.1, -0.05) is 6.92 Å². The Hall–Kier alpha value is -0.440. The Kier molecular flexibility index (Phi) is 1.98. The second-order valence-corrected chi connectivity index (χ2v) is 0.927. The van der Waals surface area contributed by atoms with Crippen LogP contribution in [0.1, 0.15) is 21.1 Å². The highest BCUT2D eigenvalue weighted by atomic mass is 13.7. The smallest absolute Gasteiger partial charge is 0.120 e. The van der Waals surface area contributed by atoms with E-state index in [1.807, 2.05) is 6.92 Å². The third-order valence-corrected chi connectivity index (χ3v) is 0.375. The Bertz CT molecular complexity index is 65.7. The van der Waals surface area contributed by atoms with Gasteiger partial charge >= 0.3 is 0 Å². The van der Waals surface area contributed by atoms with Crippen molar-refractivity contribution in [1.29, 1.82) is 0 Å². The van der Waals surface area contributed by atoms with Crippen LogP contribution in [-0.4, -0.2) is 0 Å². The number of unbranched alkanes of at least 4 members (excludes halogenated alkanes) is 1. The lowest BCUT2D eigenvalue weighted by Gasteiger charge is -1.69. The van der Waals surface area contributed by atoms with Crippen LogP contribution in [0.3, 0.4) is 0 Å². The number of terminal acetylenes is 1. The molecule has 0 unspecified atom stereocenters. The van der Waals surface area contributed by atoms with Gasteiger partial charge in [0.2, 0.25) is 0 Å². The van der Waals surface area contributed by atoms with Gasteiger partial charge in [-0.25, -0.2) is 0 Å². The summed E-state index contributed by atoms with van der Waals surface area (Å²) in [6.07, 6.45) is 3.99. The summed E-state index contributed by atoms with van der Waals surface area (Å²) in [6, 6.07) is 0. The second-order valence-electron chi connectivity index (χ2n) is 0.927. The molecule has 0 aliphatic heterocycles. The van der Waals surface area contributed by atoms with Crippen LogP contribution in [0.15, 0.2) is 0 Å². The van der Waals surface area contributed by atoms with Crippen LogP contribution in [0, 0.1) is 12.3 Å². The van der Waals surface area contributed by atoms with Crippen molar-refractivity contribution in [3.63, 3.8) is 0 Å². The van der Waals surface area contributed by atoms with Crippen LogP contribution in [0.2, 0.25) is 0 Å². The van der Waals surface area contributed by atoms with Gasteiger partial charge in [0.05, 0.1) is 0 Å². The molecule has 0 N–H and O–H groups in total. The van der Waals surface area contributed by atoms with E-state index in [-0.39, 0.29) is 0 Å². The highest BCUT2D eigenvalue weighted by molar-refractivity contribution is 4.81. The van der Waals surface area contributed by atoms with E-state index in [0.717, 1.165) is 12.8 Å². The van der Waals surface area contributed by atoms with Crippen molar-refractivity contribution in [3.8, 4) is 12.3 Å². The molecule has 28 valence electrons. The summed E-state index contributed by atoms with van der Waals surface area (Å²) in [5, 5.41) is 0.